The lowest BCUT2D eigenvalue weighted by Crippen LogP contribution is -2.35. The van der Waals surface area contributed by atoms with Crippen LogP contribution in [0.15, 0.2) is 29.6 Å². The second-order valence-electron chi connectivity index (χ2n) is 6.03. The van der Waals surface area contributed by atoms with Gasteiger partial charge < -0.3 is 9.80 Å². The van der Waals surface area contributed by atoms with E-state index in [1.807, 2.05) is 24.0 Å². The van der Waals surface area contributed by atoms with Crippen LogP contribution in [-0.2, 0) is 5.75 Å². The Kier molecular flexibility index (Phi) is 5.79. The number of anilines is 1. The Bertz CT molecular complexity index is 684. The first-order chi connectivity index (χ1) is 11.7. The summed E-state index contributed by atoms with van der Waals surface area (Å²) < 4.78 is 0. The van der Waals surface area contributed by atoms with E-state index in [0.29, 0.717) is 0 Å². The summed E-state index contributed by atoms with van der Waals surface area (Å²) >= 11 is 3.48. The lowest BCUT2D eigenvalue weighted by Gasteiger charge is -2.22. The molecule has 1 aromatic heterocycles. The summed E-state index contributed by atoms with van der Waals surface area (Å²) in [5.41, 5.74) is 3.12. The topological polar surface area (TPSA) is 36.4 Å². The maximum Gasteiger partial charge on any atom is 0.253 e. The first-order valence-corrected chi connectivity index (χ1v) is 10.5. The van der Waals surface area contributed by atoms with Gasteiger partial charge in [-0.05, 0) is 37.3 Å². The first kappa shape index (κ1) is 17.3. The van der Waals surface area contributed by atoms with Crippen molar-refractivity contribution in [3.63, 3.8) is 0 Å². The third-order valence-electron chi connectivity index (χ3n) is 4.17. The van der Waals surface area contributed by atoms with Crippen LogP contribution in [0.1, 0.15) is 28.0 Å². The van der Waals surface area contributed by atoms with Crippen LogP contribution in [0.5, 0.6) is 0 Å². The molecule has 0 bridgehead atoms. The van der Waals surface area contributed by atoms with Crippen molar-refractivity contribution in [2.24, 2.45) is 0 Å². The van der Waals surface area contributed by atoms with E-state index in [2.05, 4.69) is 33.7 Å². The zero-order valence-corrected chi connectivity index (χ0v) is 15.8. The number of benzene rings is 1. The number of carbonyl (C=O) groups excluding carboxylic acids is 1. The molecule has 0 spiro atoms. The van der Waals surface area contributed by atoms with E-state index in [1.54, 1.807) is 23.1 Å². The molecule has 1 saturated heterocycles. The van der Waals surface area contributed by atoms with Crippen molar-refractivity contribution in [1.29, 1.82) is 0 Å². The van der Waals surface area contributed by atoms with Gasteiger partial charge in [0.1, 0.15) is 0 Å². The summed E-state index contributed by atoms with van der Waals surface area (Å²) in [7, 11) is 0. The highest BCUT2D eigenvalue weighted by atomic mass is 32.2. The van der Waals surface area contributed by atoms with Crippen molar-refractivity contribution in [2.75, 3.05) is 37.3 Å². The van der Waals surface area contributed by atoms with E-state index in [0.717, 1.165) is 54.7 Å². The molecule has 0 atom stereocenters. The number of aryl methyl sites for hydroxylation is 1. The zero-order valence-electron chi connectivity index (χ0n) is 14.2. The lowest BCUT2D eigenvalue weighted by atomic mass is 10.1. The molecule has 1 aromatic carbocycles. The predicted octanol–water partition coefficient (Wildman–Crippen LogP) is 3.67. The average molecular weight is 362 g/mol. The van der Waals surface area contributed by atoms with Crippen molar-refractivity contribution in [1.82, 2.24) is 9.88 Å². The lowest BCUT2D eigenvalue weighted by molar-refractivity contribution is 0.0767. The number of carbonyl (C=O) groups is 1. The van der Waals surface area contributed by atoms with Gasteiger partial charge in [0.15, 0.2) is 5.13 Å². The maximum absolute atomic E-state index is 12.8. The molecule has 1 aliphatic heterocycles. The highest BCUT2D eigenvalue weighted by molar-refractivity contribution is 7.97. The summed E-state index contributed by atoms with van der Waals surface area (Å²) in [6, 6.07) is 8.04. The van der Waals surface area contributed by atoms with Crippen molar-refractivity contribution >= 4 is 34.1 Å². The smallest absolute Gasteiger partial charge is 0.253 e. The van der Waals surface area contributed by atoms with E-state index < -0.39 is 0 Å². The van der Waals surface area contributed by atoms with Gasteiger partial charge in [-0.1, -0.05) is 12.1 Å². The van der Waals surface area contributed by atoms with Crippen LogP contribution in [0.3, 0.4) is 0 Å². The number of hydrogen-bond acceptors (Lipinski definition) is 5. The quantitative estimate of drug-likeness (QED) is 0.833. The standard InChI is InChI=1S/C18H23N3OS2/c1-14-12-24-18(19-14)21-9-3-8-20(10-11-21)17(22)16-6-4-15(5-7-16)13-23-2/h4-7,12H,3,8-11,13H2,1-2H3. The number of thioether (sulfide) groups is 1. The van der Waals surface area contributed by atoms with Crippen molar-refractivity contribution in [3.05, 3.63) is 46.5 Å². The second-order valence-corrected chi connectivity index (χ2v) is 7.74. The van der Waals surface area contributed by atoms with Gasteiger partial charge >= 0.3 is 0 Å². The number of amides is 1. The van der Waals surface area contributed by atoms with Crippen LogP contribution < -0.4 is 4.90 Å². The molecule has 2 heterocycles. The van der Waals surface area contributed by atoms with Crippen LogP contribution in [-0.4, -0.2) is 48.2 Å². The summed E-state index contributed by atoms with van der Waals surface area (Å²) in [5.74, 6) is 1.13. The van der Waals surface area contributed by atoms with E-state index in [1.165, 1.54) is 5.56 Å². The average Bonchev–Trinajstić information content (AvgIpc) is 2.88. The molecule has 0 N–H and O–H groups in total. The monoisotopic (exact) mass is 361 g/mol. The molecule has 24 heavy (non-hydrogen) atoms. The molecule has 3 rings (SSSR count). The fraction of sp³-hybridized carbons (Fsp3) is 0.444. The van der Waals surface area contributed by atoms with Crippen molar-refractivity contribution < 1.29 is 4.79 Å². The molecule has 1 amide bonds. The number of hydrogen-bond donors (Lipinski definition) is 0. The fourth-order valence-corrected chi connectivity index (χ4v) is 4.27. The molecule has 0 saturated carbocycles. The summed E-state index contributed by atoms with van der Waals surface area (Å²) in [6.45, 7) is 5.40. The second kappa shape index (κ2) is 8.03. The third-order valence-corrected chi connectivity index (χ3v) is 5.81. The first-order valence-electron chi connectivity index (χ1n) is 8.21. The molecule has 2 aromatic rings. The molecule has 4 nitrogen and oxygen atoms in total. The number of thiazole rings is 1. The summed E-state index contributed by atoms with van der Waals surface area (Å²) in [4.78, 5) is 21.6. The van der Waals surface area contributed by atoms with Gasteiger partial charge in [0.05, 0.1) is 5.69 Å². The molecule has 128 valence electrons. The molecular formula is C18H23N3OS2. The molecule has 0 unspecified atom stereocenters. The minimum absolute atomic E-state index is 0.142. The summed E-state index contributed by atoms with van der Waals surface area (Å²) in [5, 5.41) is 3.16. The van der Waals surface area contributed by atoms with Crippen LogP contribution in [0.4, 0.5) is 5.13 Å². The Morgan fingerprint density at radius 2 is 2.00 bits per heavy atom. The van der Waals surface area contributed by atoms with Gasteiger partial charge in [-0.15, -0.1) is 11.3 Å². The van der Waals surface area contributed by atoms with Gasteiger partial charge in [-0.3, -0.25) is 4.79 Å². The Morgan fingerprint density at radius 1 is 1.21 bits per heavy atom. The van der Waals surface area contributed by atoms with Crippen molar-refractivity contribution in [2.45, 2.75) is 19.1 Å². The zero-order chi connectivity index (χ0) is 16.9. The molecular weight excluding hydrogens is 338 g/mol. The van der Waals surface area contributed by atoms with Crippen LogP contribution in [0, 0.1) is 6.92 Å². The van der Waals surface area contributed by atoms with E-state index >= 15 is 0 Å². The fourth-order valence-electron chi connectivity index (χ4n) is 2.89. The van der Waals surface area contributed by atoms with E-state index in [9.17, 15) is 4.79 Å². The van der Waals surface area contributed by atoms with Crippen molar-refractivity contribution in [3.8, 4) is 0 Å². The minimum atomic E-state index is 0.142. The normalized spacial score (nSPS) is 15.4. The molecule has 1 fully saturated rings. The van der Waals surface area contributed by atoms with E-state index in [4.69, 9.17) is 0 Å². The minimum Gasteiger partial charge on any atom is -0.346 e. The SMILES string of the molecule is CSCc1ccc(C(=O)N2CCCN(c3nc(C)cs3)CC2)cc1. The third kappa shape index (κ3) is 4.11. The molecule has 0 radical (unpaired) electrons. The van der Waals surface area contributed by atoms with Gasteiger partial charge in [-0.25, -0.2) is 4.98 Å². The number of aromatic nitrogens is 1. The van der Waals surface area contributed by atoms with E-state index in [-0.39, 0.29) is 5.91 Å². The Labute approximate surface area is 151 Å². The summed E-state index contributed by atoms with van der Waals surface area (Å²) in [6.07, 6.45) is 3.07. The number of rotatable bonds is 4. The Morgan fingerprint density at radius 3 is 2.67 bits per heavy atom. The molecule has 0 aliphatic carbocycles. The van der Waals surface area contributed by atoms with Crippen LogP contribution in [0.25, 0.3) is 0 Å². The predicted molar refractivity (Wildman–Crippen MR) is 103 cm³/mol. The molecule has 1 aliphatic rings. The Hall–Kier alpha value is -1.53. The molecule has 6 heteroatoms. The van der Waals surface area contributed by atoms with Gasteiger partial charge in [0.25, 0.3) is 5.91 Å². The van der Waals surface area contributed by atoms with Gasteiger partial charge in [-0.2, -0.15) is 11.8 Å². The highest BCUT2D eigenvalue weighted by Gasteiger charge is 2.21. The van der Waals surface area contributed by atoms with Gasteiger partial charge in [0.2, 0.25) is 0 Å². The Balaban J connectivity index is 1.63. The largest absolute Gasteiger partial charge is 0.346 e. The van der Waals surface area contributed by atoms with Gasteiger partial charge in [0, 0.05) is 42.9 Å². The van der Waals surface area contributed by atoms with Crippen LogP contribution in [0.2, 0.25) is 0 Å². The maximum atomic E-state index is 12.8. The number of nitrogens with zero attached hydrogens (tertiary/aromatic N) is 3. The van der Waals surface area contributed by atoms with Crippen LogP contribution >= 0.6 is 23.1 Å². The highest BCUT2D eigenvalue weighted by Crippen LogP contribution is 2.22.